The van der Waals surface area contributed by atoms with Gasteiger partial charge in [-0.15, -0.1) is 0 Å². The maximum Gasteiger partial charge on any atom is 0.329 e. The van der Waals surface area contributed by atoms with Crippen molar-refractivity contribution in [2.24, 2.45) is 0 Å². The zero-order valence-electron chi connectivity index (χ0n) is 11.4. The van der Waals surface area contributed by atoms with Crippen LogP contribution in [0.2, 0.25) is 5.02 Å². The SMILES string of the molecule is CN(C(=O)C=Cc1ccc(F)c(Cl)c1)C(C)(C)C(=O)O. The lowest BCUT2D eigenvalue weighted by atomic mass is 10.0. The molecule has 0 atom stereocenters. The highest BCUT2D eigenvalue weighted by Crippen LogP contribution is 2.17. The quantitative estimate of drug-likeness (QED) is 0.870. The van der Waals surface area contributed by atoms with Crippen molar-refractivity contribution in [3.05, 3.63) is 40.7 Å². The van der Waals surface area contributed by atoms with E-state index in [-0.39, 0.29) is 5.02 Å². The summed E-state index contributed by atoms with van der Waals surface area (Å²) in [5, 5.41) is 8.99. The van der Waals surface area contributed by atoms with E-state index in [0.29, 0.717) is 5.56 Å². The maximum absolute atomic E-state index is 13.0. The van der Waals surface area contributed by atoms with Gasteiger partial charge < -0.3 is 10.0 Å². The van der Waals surface area contributed by atoms with Crippen LogP contribution in [0.3, 0.4) is 0 Å². The number of nitrogens with zero attached hydrogens (tertiary/aromatic N) is 1. The summed E-state index contributed by atoms with van der Waals surface area (Å²) < 4.78 is 13.0. The van der Waals surface area contributed by atoms with Gasteiger partial charge in [0.2, 0.25) is 5.91 Å². The van der Waals surface area contributed by atoms with Crippen LogP contribution >= 0.6 is 11.6 Å². The Balaban J connectivity index is 2.87. The maximum atomic E-state index is 13.0. The minimum Gasteiger partial charge on any atom is -0.480 e. The molecule has 1 N–H and O–H groups in total. The first kappa shape index (κ1) is 16.2. The summed E-state index contributed by atoms with van der Waals surface area (Å²) in [6.45, 7) is 2.85. The number of likely N-dealkylation sites (N-methyl/N-ethyl adjacent to an activating group) is 1. The number of carbonyl (C=O) groups excluding carboxylic acids is 1. The Morgan fingerprint density at radius 2 is 2.00 bits per heavy atom. The van der Waals surface area contributed by atoms with Gasteiger partial charge in [0.15, 0.2) is 0 Å². The Labute approximate surface area is 121 Å². The van der Waals surface area contributed by atoms with Crippen LogP contribution in [0.4, 0.5) is 4.39 Å². The van der Waals surface area contributed by atoms with E-state index >= 15 is 0 Å². The summed E-state index contributed by atoms with van der Waals surface area (Å²) in [4.78, 5) is 24.0. The molecule has 0 fully saturated rings. The lowest BCUT2D eigenvalue weighted by Gasteiger charge is -2.30. The molecule has 0 heterocycles. The highest BCUT2D eigenvalue weighted by molar-refractivity contribution is 6.30. The third kappa shape index (κ3) is 3.57. The van der Waals surface area contributed by atoms with Gasteiger partial charge in [-0.2, -0.15) is 0 Å². The van der Waals surface area contributed by atoms with Crippen LogP contribution in [-0.4, -0.2) is 34.5 Å². The number of carboxylic acids is 1. The van der Waals surface area contributed by atoms with E-state index in [9.17, 15) is 14.0 Å². The summed E-state index contributed by atoms with van der Waals surface area (Å²) in [5.74, 6) is -2.12. The number of carbonyl (C=O) groups is 2. The van der Waals surface area contributed by atoms with Gasteiger partial charge in [-0.3, -0.25) is 4.79 Å². The first-order chi connectivity index (χ1) is 9.16. The first-order valence-electron chi connectivity index (χ1n) is 5.80. The van der Waals surface area contributed by atoms with Crippen molar-refractivity contribution in [2.75, 3.05) is 7.05 Å². The van der Waals surface area contributed by atoms with Gasteiger partial charge in [0.1, 0.15) is 11.4 Å². The molecule has 0 aromatic heterocycles. The molecule has 1 aromatic rings. The van der Waals surface area contributed by atoms with Crippen molar-refractivity contribution < 1.29 is 19.1 Å². The van der Waals surface area contributed by atoms with Crippen molar-refractivity contribution >= 4 is 29.6 Å². The molecule has 0 aliphatic heterocycles. The van der Waals surface area contributed by atoms with Gasteiger partial charge in [0.25, 0.3) is 0 Å². The molecule has 1 aromatic carbocycles. The van der Waals surface area contributed by atoms with Crippen LogP contribution < -0.4 is 0 Å². The van der Waals surface area contributed by atoms with Crippen LogP contribution in [0.5, 0.6) is 0 Å². The second kappa shape index (κ2) is 6.05. The normalized spacial score (nSPS) is 11.7. The monoisotopic (exact) mass is 299 g/mol. The van der Waals surface area contributed by atoms with Crippen molar-refractivity contribution in [3.8, 4) is 0 Å². The number of amides is 1. The number of aliphatic carboxylic acids is 1. The standard InChI is InChI=1S/C14H15ClFNO3/c1-14(2,13(19)20)17(3)12(18)7-5-9-4-6-11(16)10(15)8-9/h4-8H,1-3H3,(H,19,20). The van der Waals surface area contributed by atoms with E-state index < -0.39 is 23.2 Å². The molecule has 0 radical (unpaired) electrons. The van der Waals surface area contributed by atoms with E-state index in [1.165, 1.54) is 51.2 Å². The van der Waals surface area contributed by atoms with Crippen molar-refractivity contribution in [1.82, 2.24) is 4.90 Å². The third-order valence-electron chi connectivity index (χ3n) is 3.05. The zero-order chi connectivity index (χ0) is 15.5. The molecule has 0 aliphatic rings. The minimum absolute atomic E-state index is 0.0428. The summed E-state index contributed by atoms with van der Waals surface area (Å²) in [6, 6.07) is 4.04. The van der Waals surface area contributed by atoms with Gasteiger partial charge in [0, 0.05) is 13.1 Å². The molecule has 1 rings (SSSR count). The molecule has 108 valence electrons. The molecule has 0 bridgehead atoms. The lowest BCUT2D eigenvalue weighted by Crippen LogP contribution is -2.50. The molecule has 1 amide bonds. The summed E-state index contributed by atoms with van der Waals surface area (Å²) in [5.41, 5.74) is -0.770. The number of rotatable bonds is 4. The number of hydrogen-bond donors (Lipinski definition) is 1. The van der Waals surface area contributed by atoms with E-state index in [1.54, 1.807) is 0 Å². The Kier molecular flexibility index (Phi) is 4.89. The Bertz CT molecular complexity index is 570. The Hall–Kier alpha value is -1.88. The van der Waals surface area contributed by atoms with E-state index in [1.807, 2.05) is 0 Å². The van der Waals surface area contributed by atoms with Gasteiger partial charge in [-0.25, -0.2) is 9.18 Å². The highest BCUT2D eigenvalue weighted by atomic mass is 35.5. The van der Waals surface area contributed by atoms with E-state index in [0.717, 1.165) is 4.90 Å². The molecule has 0 spiro atoms. The second-order valence-electron chi connectivity index (χ2n) is 4.77. The Morgan fingerprint density at radius 3 is 2.50 bits per heavy atom. The van der Waals surface area contributed by atoms with Crippen LogP contribution in [-0.2, 0) is 9.59 Å². The van der Waals surface area contributed by atoms with Crippen LogP contribution in [0, 0.1) is 5.82 Å². The smallest absolute Gasteiger partial charge is 0.329 e. The minimum atomic E-state index is -1.32. The molecule has 0 saturated heterocycles. The molecule has 0 saturated carbocycles. The van der Waals surface area contributed by atoms with Gasteiger partial charge in [-0.1, -0.05) is 17.7 Å². The van der Waals surface area contributed by atoms with Crippen LogP contribution in [0.25, 0.3) is 6.08 Å². The molecular weight excluding hydrogens is 285 g/mol. The number of carboxylic acid groups (broad SMARTS) is 1. The van der Waals surface area contributed by atoms with E-state index in [4.69, 9.17) is 16.7 Å². The summed E-state index contributed by atoms with van der Waals surface area (Å²) in [6.07, 6.45) is 2.66. The average molecular weight is 300 g/mol. The number of halogens is 2. The predicted octanol–water partition coefficient (Wildman–Crippen LogP) is 2.81. The molecule has 0 aliphatic carbocycles. The topological polar surface area (TPSA) is 57.6 Å². The average Bonchev–Trinajstić information content (AvgIpc) is 2.38. The van der Waals surface area contributed by atoms with Crippen molar-refractivity contribution in [1.29, 1.82) is 0 Å². The number of hydrogen-bond acceptors (Lipinski definition) is 2. The van der Waals surface area contributed by atoms with Crippen molar-refractivity contribution in [3.63, 3.8) is 0 Å². The van der Waals surface area contributed by atoms with Gasteiger partial charge >= 0.3 is 5.97 Å². The first-order valence-corrected chi connectivity index (χ1v) is 6.18. The largest absolute Gasteiger partial charge is 0.480 e. The Morgan fingerprint density at radius 1 is 1.40 bits per heavy atom. The van der Waals surface area contributed by atoms with Crippen LogP contribution in [0.1, 0.15) is 19.4 Å². The fraction of sp³-hybridized carbons (Fsp3) is 0.286. The van der Waals surface area contributed by atoms with Gasteiger partial charge in [0.05, 0.1) is 5.02 Å². The predicted molar refractivity (Wildman–Crippen MR) is 74.9 cm³/mol. The van der Waals surface area contributed by atoms with Crippen molar-refractivity contribution in [2.45, 2.75) is 19.4 Å². The number of benzene rings is 1. The third-order valence-corrected chi connectivity index (χ3v) is 3.34. The van der Waals surface area contributed by atoms with Gasteiger partial charge in [-0.05, 0) is 37.6 Å². The van der Waals surface area contributed by atoms with E-state index in [2.05, 4.69) is 0 Å². The molecule has 0 unspecified atom stereocenters. The summed E-state index contributed by atoms with van der Waals surface area (Å²) in [7, 11) is 1.40. The lowest BCUT2D eigenvalue weighted by molar-refractivity contribution is -0.153. The fourth-order valence-electron chi connectivity index (χ4n) is 1.31. The highest BCUT2D eigenvalue weighted by Gasteiger charge is 2.34. The molecule has 20 heavy (non-hydrogen) atoms. The molecule has 6 heteroatoms. The second-order valence-corrected chi connectivity index (χ2v) is 5.18. The van der Waals surface area contributed by atoms with Crippen LogP contribution in [0.15, 0.2) is 24.3 Å². The summed E-state index contributed by atoms with van der Waals surface area (Å²) >= 11 is 5.62. The fourth-order valence-corrected chi connectivity index (χ4v) is 1.50. The zero-order valence-corrected chi connectivity index (χ0v) is 12.1. The molecular formula is C14H15ClFNO3. The molecule has 4 nitrogen and oxygen atoms in total.